The van der Waals surface area contributed by atoms with E-state index in [1.165, 1.54) is 24.2 Å². The number of carbonyl (C=O) groups excluding carboxylic acids is 1. The highest BCUT2D eigenvalue weighted by molar-refractivity contribution is 5.89. The van der Waals surface area contributed by atoms with E-state index in [2.05, 4.69) is 10.6 Å². The number of benzene rings is 1. The highest BCUT2D eigenvalue weighted by Crippen LogP contribution is 2.12. The molecule has 2 aromatic rings. The molecule has 128 valence electrons. The van der Waals surface area contributed by atoms with Crippen molar-refractivity contribution in [3.63, 3.8) is 0 Å². The number of piperidine rings is 1. The van der Waals surface area contributed by atoms with E-state index in [1.807, 2.05) is 43.3 Å². The van der Waals surface area contributed by atoms with Crippen LogP contribution in [0.4, 0.5) is 10.5 Å². The van der Waals surface area contributed by atoms with Crippen molar-refractivity contribution in [2.24, 2.45) is 0 Å². The van der Waals surface area contributed by atoms with Crippen LogP contribution < -0.4 is 15.5 Å². The lowest BCUT2D eigenvalue weighted by Crippen LogP contribution is -3.13. The highest BCUT2D eigenvalue weighted by atomic mass is 16.3. The molecular weight excluding hydrogens is 302 g/mol. The molecule has 0 bridgehead atoms. The summed E-state index contributed by atoms with van der Waals surface area (Å²) < 4.78 is 5.62. The standard InChI is InChI=1S/C19H25N3O2/c1-15-7-5-8-16(13-15)21-19(23)20-14-17(18-9-6-12-24-18)22-10-3-2-4-11-22/h5-9,12-13,17H,2-4,10-11,14H2,1H3,(H2,20,21,23)/p+1/t17-/m0/s1. The molecule has 1 aliphatic rings. The van der Waals surface area contributed by atoms with Crippen LogP contribution in [0.3, 0.4) is 0 Å². The number of hydrogen-bond donors (Lipinski definition) is 3. The fourth-order valence-corrected chi connectivity index (χ4v) is 3.38. The Morgan fingerprint density at radius 2 is 2.04 bits per heavy atom. The molecule has 5 heteroatoms. The molecule has 1 atom stereocenters. The fourth-order valence-electron chi connectivity index (χ4n) is 3.38. The summed E-state index contributed by atoms with van der Waals surface area (Å²) in [5.74, 6) is 0.947. The number of amides is 2. The first kappa shape index (κ1) is 16.6. The normalized spacial score (nSPS) is 16.5. The van der Waals surface area contributed by atoms with Gasteiger partial charge in [0, 0.05) is 5.69 Å². The van der Waals surface area contributed by atoms with Crippen molar-refractivity contribution in [3.8, 4) is 0 Å². The maximum absolute atomic E-state index is 12.2. The maximum atomic E-state index is 12.2. The number of hydrogen-bond acceptors (Lipinski definition) is 2. The Balaban J connectivity index is 1.59. The Labute approximate surface area is 143 Å². The Bertz CT molecular complexity index is 648. The summed E-state index contributed by atoms with van der Waals surface area (Å²) in [6, 6.07) is 11.7. The summed E-state index contributed by atoms with van der Waals surface area (Å²) in [4.78, 5) is 13.7. The summed E-state index contributed by atoms with van der Waals surface area (Å²) in [6.07, 6.45) is 5.48. The van der Waals surface area contributed by atoms with Crippen LogP contribution in [-0.2, 0) is 0 Å². The second kappa shape index (κ2) is 8.02. The minimum Gasteiger partial charge on any atom is -0.463 e. The molecule has 1 saturated heterocycles. The van der Waals surface area contributed by atoms with E-state index in [4.69, 9.17) is 4.42 Å². The summed E-state index contributed by atoms with van der Waals surface area (Å²) in [6.45, 7) is 4.84. The fraction of sp³-hybridized carbons (Fsp3) is 0.421. The van der Waals surface area contributed by atoms with E-state index >= 15 is 0 Å². The van der Waals surface area contributed by atoms with Crippen molar-refractivity contribution in [2.75, 3.05) is 25.0 Å². The molecule has 24 heavy (non-hydrogen) atoms. The molecule has 1 aromatic carbocycles. The van der Waals surface area contributed by atoms with Crippen LogP contribution in [-0.4, -0.2) is 25.7 Å². The van der Waals surface area contributed by atoms with Crippen LogP contribution >= 0.6 is 0 Å². The van der Waals surface area contributed by atoms with E-state index in [0.717, 1.165) is 30.1 Å². The van der Waals surface area contributed by atoms with Gasteiger partial charge < -0.3 is 20.0 Å². The van der Waals surface area contributed by atoms with E-state index in [-0.39, 0.29) is 12.1 Å². The number of likely N-dealkylation sites (tertiary alicyclic amines) is 1. The zero-order valence-corrected chi connectivity index (χ0v) is 14.2. The lowest BCUT2D eigenvalue weighted by atomic mass is 10.1. The van der Waals surface area contributed by atoms with Crippen molar-refractivity contribution >= 4 is 11.7 Å². The summed E-state index contributed by atoms with van der Waals surface area (Å²) in [5, 5.41) is 5.90. The molecule has 1 fully saturated rings. The molecule has 0 radical (unpaired) electrons. The van der Waals surface area contributed by atoms with Gasteiger partial charge in [0.05, 0.1) is 25.9 Å². The number of carbonyl (C=O) groups is 1. The van der Waals surface area contributed by atoms with Crippen molar-refractivity contribution < 1.29 is 14.1 Å². The predicted octanol–water partition coefficient (Wildman–Crippen LogP) is 2.52. The maximum Gasteiger partial charge on any atom is 0.319 e. The van der Waals surface area contributed by atoms with Crippen molar-refractivity contribution in [1.82, 2.24) is 5.32 Å². The van der Waals surface area contributed by atoms with Crippen LogP contribution in [0.25, 0.3) is 0 Å². The first-order valence-electron chi connectivity index (χ1n) is 8.72. The zero-order valence-electron chi connectivity index (χ0n) is 14.2. The van der Waals surface area contributed by atoms with Crippen molar-refractivity contribution in [1.29, 1.82) is 0 Å². The average molecular weight is 328 g/mol. The Morgan fingerprint density at radius 1 is 1.21 bits per heavy atom. The van der Waals surface area contributed by atoms with Gasteiger partial charge in [0.2, 0.25) is 0 Å². The lowest BCUT2D eigenvalue weighted by Gasteiger charge is -2.30. The monoisotopic (exact) mass is 328 g/mol. The van der Waals surface area contributed by atoms with Gasteiger partial charge in [-0.15, -0.1) is 0 Å². The molecule has 2 heterocycles. The third-order valence-electron chi connectivity index (χ3n) is 4.62. The Kier molecular flexibility index (Phi) is 5.54. The number of anilines is 1. The number of rotatable bonds is 5. The summed E-state index contributed by atoms with van der Waals surface area (Å²) in [7, 11) is 0. The number of nitrogens with one attached hydrogen (secondary N) is 3. The molecule has 1 aromatic heterocycles. The minimum absolute atomic E-state index is 0.170. The smallest absolute Gasteiger partial charge is 0.319 e. The van der Waals surface area contributed by atoms with E-state index < -0.39 is 0 Å². The second-order valence-electron chi connectivity index (χ2n) is 6.49. The molecule has 1 aliphatic heterocycles. The molecular formula is C19H26N3O2+. The quantitative estimate of drug-likeness (QED) is 0.790. The van der Waals surface area contributed by atoms with Gasteiger partial charge in [-0.1, -0.05) is 12.1 Å². The number of aryl methyl sites for hydroxylation is 1. The van der Waals surface area contributed by atoms with Gasteiger partial charge in [0.15, 0.2) is 11.8 Å². The van der Waals surface area contributed by atoms with Crippen molar-refractivity contribution in [3.05, 3.63) is 54.0 Å². The van der Waals surface area contributed by atoms with Crippen LogP contribution in [0.1, 0.15) is 36.6 Å². The average Bonchev–Trinajstić information content (AvgIpc) is 3.10. The third-order valence-corrected chi connectivity index (χ3v) is 4.62. The van der Waals surface area contributed by atoms with E-state index in [1.54, 1.807) is 6.26 Å². The molecule has 0 spiro atoms. The molecule has 0 unspecified atom stereocenters. The lowest BCUT2D eigenvalue weighted by molar-refractivity contribution is -0.936. The van der Waals surface area contributed by atoms with Gasteiger partial charge in [0.25, 0.3) is 0 Å². The summed E-state index contributed by atoms with van der Waals surface area (Å²) >= 11 is 0. The Hall–Kier alpha value is -2.27. The Morgan fingerprint density at radius 3 is 2.75 bits per heavy atom. The largest absolute Gasteiger partial charge is 0.463 e. The minimum atomic E-state index is -0.173. The molecule has 2 amide bonds. The van der Waals surface area contributed by atoms with Crippen LogP contribution in [0.2, 0.25) is 0 Å². The van der Waals surface area contributed by atoms with Crippen LogP contribution in [0, 0.1) is 6.92 Å². The van der Waals surface area contributed by atoms with E-state index in [0.29, 0.717) is 6.54 Å². The van der Waals surface area contributed by atoms with E-state index in [9.17, 15) is 4.79 Å². The highest BCUT2D eigenvalue weighted by Gasteiger charge is 2.28. The SMILES string of the molecule is Cc1cccc(NC(=O)NC[C@@H](c2ccco2)[NH+]2CCCCC2)c1. The van der Waals surface area contributed by atoms with Gasteiger partial charge in [-0.2, -0.15) is 0 Å². The third kappa shape index (κ3) is 4.38. The number of urea groups is 1. The van der Waals surface area contributed by atoms with Crippen LogP contribution in [0.15, 0.2) is 47.1 Å². The molecule has 3 rings (SSSR count). The molecule has 0 aliphatic carbocycles. The van der Waals surface area contributed by atoms with Gasteiger partial charge >= 0.3 is 6.03 Å². The molecule has 5 nitrogen and oxygen atoms in total. The molecule has 3 N–H and O–H groups in total. The van der Waals surface area contributed by atoms with Crippen LogP contribution in [0.5, 0.6) is 0 Å². The second-order valence-corrected chi connectivity index (χ2v) is 6.49. The molecule has 0 saturated carbocycles. The van der Waals surface area contributed by atoms with Gasteiger partial charge in [0.1, 0.15) is 0 Å². The van der Waals surface area contributed by atoms with Gasteiger partial charge in [-0.3, -0.25) is 0 Å². The van der Waals surface area contributed by atoms with Gasteiger partial charge in [-0.05, 0) is 56.0 Å². The number of quaternary nitrogens is 1. The first-order chi connectivity index (χ1) is 11.7. The predicted molar refractivity (Wildman–Crippen MR) is 94.2 cm³/mol. The van der Waals surface area contributed by atoms with Gasteiger partial charge in [-0.25, -0.2) is 4.79 Å². The topological polar surface area (TPSA) is 58.7 Å². The summed E-state index contributed by atoms with van der Waals surface area (Å²) in [5.41, 5.74) is 1.94. The number of furan rings is 1. The van der Waals surface area contributed by atoms with Crippen molar-refractivity contribution in [2.45, 2.75) is 32.2 Å². The first-order valence-corrected chi connectivity index (χ1v) is 8.72. The zero-order chi connectivity index (χ0) is 16.8.